The molecule has 16 heavy (non-hydrogen) atoms. The van der Waals surface area contributed by atoms with E-state index in [4.69, 9.17) is 10.5 Å². The minimum absolute atomic E-state index is 0.101. The normalized spacial score (nSPS) is 12.5. The molecule has 1 aromatic heterocycles. The Balaban J connectivity index is 2.57. The monoisotopic (exact) mass is 243 g/mol. The molecule has 6 heteroatoms. The molecule has 0 aliphatic heterocycles. The van der Waals surface area contributed by atoms with Crippen molar-refractivity contribution in [1.29, 1.82) is 0 Å². The summed E-state index contributed by atoms with van der Waals surface area (Å²) in [4.78, 5) is 18.6. The molecule has 0 saturated heterocycles. The van der Waals surface area contributed by atoms with Gasteiger partial charge in [0.15, 0.2) is 0 Å². The van der Waals surface area contributed by atoms with Crippen molar-refractivity contribution >= 4 is 17.2 Å². The first-order valence-electron chi connectivity index (χ1n) is 4.97. The van der Waals surface area contributed by atoms with Crippen molar-refractivity contribution in [3.63, 3.8) is 0 Å². The number of ether oxygens (including phenoxy) is 1. The second kappa shape index (κ2) is 5.93. The molecule has 5 nitrogen and oxygen atoms in total. The highest BCUT2D eigenvalue weighted by Gasteiger charge is 2.20. The Morgan fingerprint density at radius 1 is 1.75 bits per heavy atom. The second-order valence-corrected chi connectivity index (χ2v) is 4.82. The predicted octanol–water partition coefficient (Wildman–Crippen LogP) is 0.384. The van der Waals surface area contributed by atoms with Crippen LogP contribution in [0.3, 0.4) is 0 Å². The first kappa shape index (κ1) is 13.1. The van der Waals surface area contributed by atoms with E-state index in [-0.39, 0.29) is 12.5 Å². The fraction of sp³-hybridized carbons (Fsp3) is 0.600. The lowest BCUT2D eigenvalue weighted by molar-refractivity contribution is -0.140. The lowest BCUT2D eigenvalue weighted by Gasteiger charge is -2.21. The average Bonchev–Trinajstić information content (AvgIpc) is 2.65. The van der Waals surface area contributed by atoms with Gasteiger partial charge in [-0.1, -0.05) is 0 Å². The number of hydrogen-bond donors (Lipinski definition) is 1. The fourth-order valence-electron chi connectivity index (χ4n) is 1.33. The summed E-state index contributed by atoms with van der Waals surface area (Å²) in [5.74, 6) is -0.101. The SMILES string of the molecule is COC(CN)C(=O)N(C)Cc1cnc(C)s1. The Kier molecular flexibility index (Phi) is 4.85. The number of rotatable bonds is 5. The molecular formula is C10H17N3O2S. The molecule has 2 N–H and O–H groups in total. The number of carbonyl (C=O) groups excluding carboxylic acids is 1. The molecule has 1 heterocycles. The van der Waals surface area contributed by atoms with E-state index in [2.05, 4.69) is 4.98 Å². The van der Waals surface area contributed by atoms with Gasteiger partial charge in [0.25, 0.3) is 5.91 Å². The van der Waals surface area contributed by atoms with Crippen LogP contribution >= 0.6 is 11.3 Å². The van der Waals surface area contributed by atoms with Crippen LogP contribution in [0.25, 0.3) is 0 Å². The van der Waals surface area contributed by atoms with E-state index in [9.17, 15) is 4.79 Å². The molecule has 0 aromatic carbocycles. The molecule has 1 atom stereocenters. The van der Waals surface area contributed by atoms with Crippen LogP contribution in [0.15, 0.2) is 6.20 Å². The third-order valence-corrected chi connectivity index (χ3v) is 3.11. The summed E-state index contributed by atoms with van der Waals surface area (Å²) in [6, 6.07) is 0. The maximum atomic E-state index is 11.8. The number of aryl methyl sites for hydroxylation is 1. The summed E-state index contributed by atoms with van der Waals surface area (Å²) in [5.41, 5.74) is 5.44. The van der Waals surface area contributed by atoms with Crippen LogP contribution in [0.2, 0.25) is 0 Å². The van der Waals surface area contributed by atoms with Gasteiger partial charge in [-0.2, -0.15) is 0 Å². The number of likely N-dealkylation sites (N-methyl/N-ethyl adjacent to an activating group) is 1. The van der Waals surface area contributed by atoms with E-state index >= 15 is 0 Å². The Morgan fingerprint density at radius 2 is 2.44 bits per heavy atom. The van der Waals surface area contributed by atoms with Crippen molar-refractivity contribution in [1.82, 2.24) is 9.88 Å². The number of aromatic nitrogens is 1. The van der Waals surface area contributed by atoms with Gasteiger partial charge in [0.05, 0.1) is 11.6 Å². The molecule has 0 aliphatic carbocycles. The van der Waals surface area contributed by atoms with E-state index in [0.29, 0.717) is 6.54 Å². The van der Waals surface area contributed by atoms with E-state index < -0.39 is 6.10 Å². The largest absolute Gasteiger partial charge is 0.370 e. The molecular weight excluding hydrogens is 226 g/mol. The van der Waals surface area contributed by atoms with Gasteiger partial charge >= 0.3 is 0 Å². The van der Waals surface area contributed by atoms with Crippen LogP contribution in [-0.2, 0) is 16.1 Å². The molecule has 0 fully saturated rings. The van der Waals surface area contributed by atoms with Crippen LogP contribution in [0.1, 0.15) is 9.88 Å². The topological polar surface area (TPSA) is 68.5 Å². The zero-order chi connectivity index (χ0) is 12.1. The maximum absolute atomic E-state index is 11.8. The Morgan fingerprint density at radius 3 is 2.88 bits per heavy atom. The Labute approximate surface area is 99.2 Å². The third-order valence-electron chi connectivity index (χ3n) is 2.21. The fourth-order valence-corrected chi connectivity index (χ4v) is 2.18. The highest BCUT2D eigenvalue weighted by Crippen LogP contribution is 2.13. The number of methoxy groups -OCH3 is 1. The lowest BCUT2D eigenvalue weighted by Crippen LogP contribution is -2.41. The zero-order valence-electron chi connectivity index (χ0n) is 9.77. The van der Waals surface area contributed by atoms with Crippen molar-refractivity contribution in [2.45, 2.75) is 19.6 Å². The van der Waals surface area contributed by atoms with Gasteiger partial charge in [0, 0.05) is 31.8 Å². The molecule has 0 aliphatic rings. The highest BCUT2D eigenvalue weighted by molar-refractivity contribution is 7.11. The van der Waals surface area contributed by atoms with Crippen LogP contribution in [0.4, 0.5) is 0 Å². The molecule has 1 amide bonds. The van der Waals surface area contributed by atoms with Crippen LogP contribution in [0, 0.1) is 6.92 Å². The summed E-state index contributed by atoms with van der Waals surface area (Å²) in [6.07, 6.45) is 1.23. The number of hydrogen-bond acceptors (Lipinski definition) is 5. The number of nitrogens with zero attached hydrogens (tertiary/aromatic N) is 2. The van der Waals surface area contributed by atoms with Gasteiger partial charge in [-0.25, -0.2) is 4.98 Å². The van der Waals surface area contributed by atoms with E-state index in [1.54, 1.807) is 29.5 Å². The summed E-state index contributed by atoms with van der Waals surface area (Å²) in [7, 11) is 3.22. The number of amides is 1. The van der Waals surface area contributed by atoms with Gasteiger partial charge in [0.2, 0.25) is 0 Å². The lowest BCUT2D eigenvalue weighted by atomic mass is 10.3. The smallest absolute Gasteiger partial charge is 0.253 e. The Bertz CT molecular complexity index is 350. The molecule has 1 rings (SSSR count). The molecule has 90 valence electrons. The van der Waals surface area contributed by atoms with Crippen molar-refractivity contribution in [2.24, 2.45) is 5.73 Å². The van der Waals surface area contributed by atoms with Gasteiger partial charge in [-0.15, -0.1) is 11.3 Å². The second-order valence-electron chi connectivity index (χ2n) is 3.50. The predicted molar refractivity (Wildman–Crippen MR) is 63.2 cm³/mol. The third kappa shape index (κ3) is 3.26. The summed E-state index contributed by atoms with van der Waals surface area (Å²) >= 11 is 1.58. The molecule has 0 saturated carbocycles. The first-order chi connectivity index (χ1) is 7.58. The molecule has 0 spiro atoms. The number of nitrogens with two attached hydrogens (primary N) is 1. The molecule has 1 unspecified atom stereocenters. The molecule has 0 bridgehead atoms. The number of carbonyl (C=O) groups is 1. The summed E-state index contributed by atoms with van der Waals surface area (Å²) in [6.45, 7) is 2.68. The maximum Gasteiger partial charge on any atom is 0.253 e. The van der Waals surface area contributed by atoms with Crippen molar-refractivity contribution in [3.8, 4) is 0 Å². The van der Waals surface area contributed by atoms with Gasteiger partial charge in [0.1, 0.15) is 6.10 Å². The van der Waals surface area contributed by atoms with Crippen LogP contribution < -0.4 is 5.73 Å². The van der Waals surface area contributed by atoms with Crippen molar-refractivity contribution < 1.29 is 9.53 Å². The Hall–Kier alpha value is -0.980. The first-order valence-corrected chi connectivity index (χ1v) is 5.79. The van der Waals surface area contributed by atoms with Gasteiger partial charge in [-0.05, 0) is 6.92 Å². The van der Waals surface area contributed by atoms with Gasteiger partial charge < -0.3 is 15.4 Å². The van der Waals surface area contributed by atoms with Crippen molar-refractivity contribution in [2.75, 3.05) is 20.7 Å². The molecule has 0 radical (unpaired) electrons. The standard InChI is InChI=1S/C10H17N3O2S/c1-7-12-5-8(16-7)6-13(2)10(14)9(4-11)15-3/h5,9H,4,6,11H2,1-3H3. The van der Waals surface area contributed by atoms with Crippen molar-refractivity contribution in [3.05, 3.63) is 16.1 Å². The minimum Gasteiger partial charge on any atom is -0.370 e. The highest BCUT2D eigenvalue weighted by atomic mass is 32.1. The minimum atomic E-state index is -0.556. The van der Waals surface area contributed by atoms with Gasteiger partial charge in [-0.3, -0.25) is 4.79 Å². The van der Waals surface area contributed by atoms with Crippen LogP contribution in [-0.4, -0.2) is 42.6 Å². The quantitative estimate of drug-likeness (QED) is 0.812. The summed E-state index contributed by atoms with van der Waals surface area (Å²) < 4.78 is 5.00. The average molecular weight is 243 g/mol. The van der Waals surface area contributed by atoms with Crippen LogP contribution in [0.5, 0.6) is 0 Å². The van der Waals surface area contributed by atoms with E-state index in [0.717, 1.165) is 9.88 Å². The molecule has 1 aromatic rings. The number of thiazole rings is 1. The van der Waals surface area contributed by atoms with E-state index in [1.165, 1.54) is 7.11 Å². The van der Waals surface area contributed by atoms with E-state index in [1.807, 2.05) is 6.92 Å². The zero-order valence-corrected chi connectivity index (χ0v) is 10.6. The summed E-state index contributed by atoms with van der Waals surface area (Å²) in [5, 5.41) is 0.998.